The number of carboxylic acid groups (broad SMARTS) is 2. The number of nitrogens with two attached hydrogens (primary N) is 1. The van der Waals surface area contributed by atoms with E-state index in [1.807, 2.05) is 13.8 Å². The molecule has 0 radical (unpaired) electrons. The lowest BCUT2D eigenvalue weighted by atomic mass is 10.1. The van der Waals surface area contributed by atoms with Crippen LogP contribution >= 0.6 is 0 Å². The van der Waals surface area contributed by atoms with Crippen molar-refractivity contribution in [2.45, 2.75) is 33.2 Å². The van der Waals surface area contributed by atoms with Gasteiger partial charge in [-0.1, -0.05) is 13.8 Å². The largest absolute Gasteiger partial charge is 0.481 e. The highest BCUT2D eigenvalue weighted by molar-refractivity contribution is 5.72. The third-order valence-corrected chi connectivity index (χ3v) is 1.04. The van der Waals surface area contributed by atoms with E-state index < -0.39 is 18.0 Å². The fraction of sp³-hybridized carbons (Fsp3) is 0.750. The Morgan fingerprint density at radius 1 is 1.31 bits per heavy atom. The van der Waals surface area contributed by atoms with E-state index in [2.05, 4.69) is 0 Å². The van der Waals surface area contributed by atoms with Gasteiger partial charge in [-0.3, -0.25) is 9.59 Å². The summed E-state index contributed by atoms with van der Waals surface area (Å²) in [5, 5.41) is 15.7. The van der Waals surface area contributed by atoms with Crippen LogP contribution in [0.3, 0.4) is 0 Å². The molecule has 78 valence electrons. The highest BCUT2D eigenvalue weighted by atomic mass is 16.4. The Bertz CT molecular complexity index is 164. The Morgan fingerprint density at radius 2 is 1.62 bits per heavy atom. The summed E-state index contributed by atoms with van der Waals surface area (Å²) in [6.07, 6.45) is 0.551. The molecule has 0 aromatic rings. The van der Waals surface area contributed by atoms with E-state index in [1.54, 1.807) is 0 Å². The van der Waals surface area contributed by atoms with Crippen LogP contribution < -0.4 is 5.73 Å². The maximum absolute atomic E-state index is 10.1. The van der Waals surface area contributed by atoms with Crippen LogP contribution in [-0.4, -0.2) is 28.2 Å². The van der Waals surface area contributed by atoms with Crippen molar-refractivity contribution in [3.8, 4) is 0 Å². The number of hydrogen-bond acceptors (Lipinski definition) is 3. The van der Waals surface area contributed by atoms with Gasteiger partial charge >= 0.3 is 5.97 Å². The second-order valence-electron chi connectivity index (χ2n) is 3.09. The summed E-state index contributed by atoms with van der Waals surface area (Å²) in [4.78, 5) is 19.1. The van der Waals surface area contributed by atoms with Crippen molar-refractivity contribution in [3.05, 3.63) is 0 Å². The molecule has 0 bridgehead atoms. The van der Waals surface area contributed by atoms with Crippen molar-refractivity contribution in [1.29, 1.82) is 0 Å². The highest BCUT2D eigenvalue weighted by Gasteiger charge is 2.11. The zero-order chi connectivity index (χ0) is 11.0. The van der Waals surface area contributed by atoms with Crippen molar-refractivity contribution in [2.75, 3.05) is 0 Å². The van der Waals surface area contributed by atoms with Gasteiger partial charge < -0.3 is 15.9 Å². The van der Waals surface area contributed by atoms with Gasteiger partial charge in [0, 0.05) is 6.92 Å². The molecule has 0 heterocycles. The second-order valence-corrected chi connectivity index (χ2v) is 3.09. The third kappa shape index (κ3) is 18.1. The molecule has 0 aromatic heterocycles. The molecule has 0 fully saturated rings. The molecule has 0 aromatic carbocycles. The lowest BCUT2D eigenvalue weighted by Gasteiger charge is -2.07. The summed E-state index contributed by atoms with van der Waals surface area (Å²) < 4.78 is 0. The van der Waals surface area contributed by atoms with Gasteiger partial charge in [-0.25, -0.2) is 0 Å². The summed E-state index contributed by atoms with van der Waals surface area (Å²) in [6.45, 7) is 4.98. The number of hydrogen-bond donors (Lipinski definition) is 3. The normalized spacial score (nSPS) is 11.5. The third-order valence-electron chi connectivity index (χ3n) is 1.04. The monoisotopic (exact) mass is 191 g/mol. The van der Waals surface area contributed by atoms with E-state index in [9.17, 15) is 4.79 Å². The first-order valence-corrected chi connectivity index (χ1v) is 3.95. The molecule has 13 heavy (non-hydrogen) atoms. The molecule has 0 aliphatic carbocycles. The van der Waals surface area contributed by atoms with Crippen molar-refractivity contribution in [2.24, 2.45) is 11.7 Å². The fourth-order valence-electron chi connectivity index (χ4n) is 0.609. The average Bonchev–Trinajstić information content (AvgIpc) is 1.83. The van der Waals surface area contributed by atoms with E-state index in [4.69, 9.17) is 20.7 Å². The standard InChI is InChI=1S/C6H13NO2.C2H4O2/c1-4(2)3-5(7)6(8)9;1-2(3)4/h4-5H,3,7H2,1-2H3,(H,8,9);1H3,(H,3,4)/t5-;/m0./s1. The summed E-state index contributed by atoms with van der Waals surface area (Å²) in [5.41, 5.74) is 5.22. The molecule has 0 unspecified atom stereocenters. The summed E-state index contributed by atoms with van der Waals surface area (Å²) in [6, 6.07) is -0.690. The molecule has 0 spiro atoms. The van der Waals surface area contributed by atoms with Crippen molar-refractivity contribution >= 4 is 11.9 Å². The minimum Gasteiger partial charge on any atom is -0.481 e. The van der Waals surface area contributed by atoms with E-state index in [0.29, 0.717) is 12.3 Å². The van der Waals surface area contributed by atoms with Crippen LogP contribution in [0.1, 0.15) is 27.2 Å². The molecule has 0 aliphatic rings. The second kappa shape index (κ2) is 7.54. The number of carboxylic acids is 2. The molecule has 0 aliphatic heterocycles. The number of rotatable bonds is 3. The smallest absolute Gasteiger partial charge is 0.320 e. The Kier molecular flexibility index (Phi) is 8.37. The maximum Gasteiger partial charge on any atom is 0.320 e. The molecule has 0 amide bonds. The number of aliphatic carboxylic acids is 2. The Hall–Kier alpha value is -1.10. The zero-order valence-corrected chi connectivity index (χ0v) is 8.15. The molecular weight excluding hydrogens is 174 g/mol. The molecule has 5 heteroatoms. The van der Waals surface area contributed by atoms with Crippen LogP contribution in [0.25, 0.3) is 0 Å². The molecule has 0 rings (SSSR count). The van der Waals surface area contributed by atoms with Gasteiger partial charge in [-0.2, -0.15) is 0 Å². The van der Waals surface area contributed by atoms with Crippen LogP contribution in [-0.2, 0) is 9.59 Å². The van der Waals surface area contributed by atoms with Gasteiger partial charge in [-0.15, -0.1) is 0 Å². The Morgan fingerprint density at radius 3 is 1.69 bits per heavy atom. The topological polar surface area (TPSA) is 101 Å². The lowest BCUT2D eigenvalue weighted by molar-refractivity contribution is -0.139. The van der Waals surface area contributed by atoms with Crippen molar-refractivity contribution in [1.82, 2.24) is 0 Å². The lowest BCUT2D eigenvalue weighted by Crippen LogP contribution is -2.31. The number of carbonyl (C=O) groups is 2. The molecule has 4 N–H and O–H groups in total. The first kappa shape index (κ1) is 14.4. The first-order chi connectivity index (χ1) is 5.77. The van der Waals surface area contributed by atoms with Crippen LogP contribution in [0.4, 0.5) is 0 Å². The van der Waals surface area contributed by atoms with E-state index in [0.717, 1.165) is 6.92 Å². The summed E-state index contributed by atoms with van der Waals surface area (Å²) >= 11 is 0. The molecular formula is C8H17NO4. The first-order valence-electron chi connectivity index (χ1n) is 3.95. The molecule has 0 saturated carbocycles. The van der Waals surface area contributed by atoms with Crippen LogP contribution in [0.5, 0.6) is 0 Å². The summed E-state index contributed by atoms with van der Waals surface area (Å²) in [7, 11) is 0. The van der Waals surface area contributed by atoms with Gasteiger partial charge in [0.15, 0.2) is 0 Å². The molecule has 1 atom stereocenters. The average molecular weight is 191 g/mol. The van der Waals surface area contributed by atoms with Gasteiger partial charge in [-0.05, 0) is 12.3 Å². The predicted molar refractivity (Wildman–Crippen MR) is 48.4 cm³/mol. The quantitative estimate of drug-likeness (QED) is 0.604. The highest BCUT2D eigenvalue weighted by Crippen LogP contribution is 2.01. The van der Waals surface area contributed by atoms with Crippen LogP contribution in [0.15, 0.2) is 0 Å². The predicted octanol–water partition coefficient (Wildman–Crippen LogP) is 0.535. The Labute approximate surface area is 77.6 Å². The van der Waals surface area contributed by atoms with E-state index in [1.165, 1.54) is 0 Å². The van der Waals surface area contributed by atoms with Crippen LogP contribution in [0.2, 0.25) is 0 Å². The van der Waals surface area contributed by atoms with Gasteiger partial charge in [0.1, 0.15) is 6.04 Å². The zero-order valence-electron chi connectivity index (χ0n) is 8.15. The Balaban J connectivity index is 0. The minimum atomic E-state index is -0.913. The van der Waals surface area contributed by atoms with Gasteiger partial charge in [0.05, 0.1) is 0 Å². The SMILES string of the molecule is CC(=O)O.CC(C)C[C@H](N)C(=O)O. The minimum absolute atomic E-state index is 0.357. The van der Waals surface area contributed by atoms with Gasteiger partial charge in [0.25, 0.3) is 5.97 Å². The fourth-order valence-corrected chi connectivity index (χ4v) is 0.609. The summed E-state index contributed by atoms with van der Waals surface area (Å²) in [5.74, 6) is -1.39. The molecule has 5 nitrogen and oxygen atoms in total. The van der Waals surface area contributed by atoms with Crippen molar-refractivity contribution in [3.63, 3.8) is 0 Å². The van der Waals surface area contributed by atoms with E-state index >= 15 is 0 Å². The van der Waals surface area contributed by atoms with Crippen molar-refractivity contribution < 1.29 is 19.8 Å². The maximum atomic E-state index is 10.1. The van der Waals surface area contributed by atoms with Crippen LogP contribution in [0, 0.1) is 5.92 Å². The molecule has 0 saturated heterocycles. The van der Waals surface area contributed by atoms with Gasteiger partial charge in [0.2, 0.25) is 0 Å². The van der Waals surface area contributed by atoms with E-state index in [-0.39, 0.29) is 0 Å².